The van der Waals surface area contributed by atoms with Crippen LogP contribution in [0.1, 0.15) is 42.5 Å². The van der Waals surface area contributed by atoms with Gasteiger partial charge in [-0.3, -0.25) is 0 Å². The fourth-order valence-electron chi connectivity index (χ4n) is 5.39. The first-order valence-corrected chi connectivity index (χ1v) is 10.3. The van der Waals surface area contributed by atoms with Crippen LogP contribution < -0.4 is 0 Å². The maximum absolute atomic E-state index is 9.45. The van der Waals surface area contributed by atoms with E-state index < -0.39 is 5.79 Å². The van der Waals surface area contributed by atoms with Crippen LogP contribution in [0.15, 0.2) is 59.9 Å². The molecule has 1 aliphatic heterocycles. The van der Waals surface area contributed by atoms with Gasteiger partial charge in [0.1, 0.15) is 12.2 Å². The number of ether oxygens (including phenoxy) is 2. The molecule has 6 heteroatoms. The second-order valence-corrected chi connectivity index (χ2v) is 8.62. The van der Waals surface area contributed by atoms with Gasteiger partial charge in [0.05, 0.1) is 18.1 Å². The number of para-hydroxylation sites is 2. The number of oxime groups is 1. The quantitative estimate of drug-likeness (QED) is 0.255. The van der Waals surface area contributed by atoms with E-state index in [4.69, 9.17) is 9.47 Å². The van der Waals surface area contributed by atoms with Crippen LogP contribution in [0.25, 0.3) is 21.8 Å². The SMILES string of the molecule is CC1(C)OC2C(/C=N\O)c3c([nH]c4ccccc34)C(c3c[nH]c4ccccc34)C2O1. The zero-order valence-electron chi connectivity index (χ0n) is 16.8. The first-order chi connectivity index (χ1) is 14.6. The Morgan fingerprint density at radius 1 is 0.967 bits per heavy atom. The molecule has 3 N–H and O–H groups in total. The summed E-state index contributed by atoms with van der Waals surface area (Å²) in [6, 6.07) is 16.6. The number of hydrogen-bond acceptors (Lipinski definition) is 4. The van der Waals surface area contributed by atoms with E-state index in [0.717, 1.165) is 27.7 Å². The molecule has 4 atom stereocenters. The highest BCUT2D eigenvalue weighted by molar-refractivity contribution is 5.91. The highest BCUT2D eigenvalue weighted by atomic mass is 16.8. The number of fused-ring (bicyclic) bond motifs is 5. The normalized spacial score (nSPS) is 27.7. The summed E-state index contributed by atoms with van der Waals surface area (Å²) in [6.07, 6.45) is 3.17. The zero-order valence-corrected chi connectivity index (χ0v) is 16.8. The summed E-state index contributed by atoms with van der Waals surface area (Å²) >= 11 is 0. The molecular weight excluding hydrogens is 378 g/mol. The van der Waals surface area contributed by atoms with E-state index in [-0.39, 0.29) is 24.0 Å². The first kappa shape index (κ1) is 17.7. The van der Waals surface area contributed by atoms with Gasteiger partial charge in [-0.1, -0.05) is 36.4 Å². The van der Waals surface area contributed by atoms with E-state index in [1.165, 1.54) is 10.9 Å². The molecule has 3 heterocycles. The van der Waals surface area contributed by atoms with Gasteiger partial charge < -0.3 is 24.6 Å². The molecular formula is C24H23N3O3. The molecule has 0 amide bonds. The standard InChI is InChI=1S/C24H23N3O3/c1-24(2)29-22-16(12-26-28)19-14-8-4-6-10-18(14)27-21(19)20(23(22)30-24)15-11-25-17-9-5-3-7-13(15)17/h3-12,16,20,22-23,25,27-28H,1-2H3/b26-12-. The Labute approximate surface area is 173 Å². The van der Waals surface area contributed by atoms with Crippen LogP contribution in [0, 0.1) is 0 Å². The zero-order chi connectivity index (χ0) is 20.5. The molecule has 30 heavy (non-hydrogen) atoms. The highest BCUT2D eigenvalue weighted by Crippen LogP contribution is 2.52. The van der Waals surface area contributed by atoms with Crippen molar-refractivity contribution in [1.29, 1.82) is 0 Å². The van der Waals surface area contributed by atoms with Crippen molar-refractivity contribution in [2.24, 2.45) is 5.16 Å². The molecule has 1 fully saturated rings. The fourth-order valence-corrected chi connectivity index (χ4v) is 5.39. The van der Waals surface area contributed by atoms with Crippen LogP contribution >= 0.6 is 0 Å². The molecule has 152 valence electrons. The van der Waals surface area contributed by atoms with E-state index >= 15 is 0 Å². The number of aromatic amines is 2. The van der Waals surface area contributed by atoms with Gasteiger partial charge in [0.25, 0.3) is 0 Å². The Hall–Kier alpha value is -3.09. The molecule has 1 aliphatic carbocycles. The second kappa shape index (κ2) is 6.20. The van der Waals surface area contributed by atoms with E-state index in [1.807, 2.05) is 32.0 Å². The van der Waals surface area contributed by atoms with E-state index in [2.05, 4.69) is 51.7 Å². The van der Waals surface area contributed by atoms with E-state index in [1.54, 1.807) is 6.21 Å². The lowest BCUT2D eigenvalue weighted by molar-refractivity contribution is -0.146. The first-order valence-electron chi connectivity index (χ1n) is 10.3. The fraction of sp³-hybridized carbons (Fsp3) is 0.292. The number of H-pyrrole nitrogens is 2. The summed E-state index contributed by atoms with van der Waals surface area (Å²) in [5.74, 6) is -0.978. The largest absolute Gasteiger partial charge is 0.411 e. The van der Waals surface area contributed by atoms with Crippen LogP contribution in [0.3, 0.4) is 0 Å². The summed E-state index contributed by atoms with van der Waals surface area (Å²) in [5.41, 5.74) is 5.53. The van der Waals surface area contributed by atoms with Gasteiger partial charge in [0.2, 0.25) is 0 Å². The van der Waals surface area contributed by atoms with Crippen molar-refractivity contribution in [3.8, 4) is 0 Å². The van der Waals surface area contributed by atoms with Crippen molar-refractivity contribution in [3.63, 3.8) is 0 Å². The van der Waals surface area contributed by atoms with E-state index in [0.29, 0.717) is 0 Å². The molecule has 0 bridgehead atoms. The Morgan fingerprint density at radius 2 is 1.67 bits per heavy atom. The van der Waals surface area contributed by atoms with Crippen LogP contribution in [-0.4, -0.2) is 39.4 Å². The van der Waals surface area contributed by atoms with Crippen molar-refractivity contribution in [3.05, 3.63) is 71.5 Å². The van der Waals surface area contributed by atoms with Crippen LogP contribution in [-0.2, 0) is 9.47 Å². The van der Waals surface area contributed by atoms with Gasteiger partial charge in [-0.05, 0) is 37.1 Å². The van der Waals surface area contributed by atoms with E-state index in [9.17, 15) is 5.21 Å². The number of nitrogens with zero attached hydrogens (tertiary/aromatic N) is 1. The topological polar surface area (TPSA) is 82.6 Å². The molecule has 4 aromatic rings. The number of nitrogens with one attached hydrogen (secondary N) is 2. The molecule has 4 unspecified atom stereocenters. The van der Waals surface area contributed by atoms with Crippen molar-refractivity contribution < 1.29 is 14.7 Å². The number of benzene rings is 2. The molecule has 0 spiro atoms. The summed E-state index contributed by atoms with van der Waals surface area (Å²) in [6.45, 7) is 3.88. The predicted octanol–water partition coefficient (Wildman–Crippen LogP) is 4.86. The minimum absolute atomic E-state index is 0.0429. The van der Waals surface area contributed by atoms with Crippen LogP contribution in [0.4, 0.5) is 0 Å². The van der Waals surface area contributed by atoms with Gasteiger partial charge in [0.15, 0.2) is 5.79 Å². The molecule has 0 radical (unpaired) electrons. The third-order valence-corrected chi connectivity index (χ3v) is 6.45. The monoisotopic (exact) mass is 401 g/mol. The molecule has 6 nitrogen and oxygen atoms in total. The van der Waals surface area contributed by atoms with Crippen molar-refractivity contribution in [2.75, 3.05) is 0 Å². The Morgan fingerprint density at radius 3 is 2.47 bits per heavy atom. The third-order valence-electron chi connectivity index (χ3n) is 6.45. The van der Waals surface area contributed by atoms with Gasteiger partial charge in [-0.25, -0.2) is 0 Å². The lowest BCUT2D eigenvalue weighted by atomic mass is 9.73. The lowest BCUT2D eigenvalue weighted by Crippen LogP contribution is -2.40. The van der Waals surface area contributed by atoms with Crippen LogP contribution in [0.5, 0.6) is 0 Å². The van der Waals surface area contributed by atoms with Crippen molar-refractivity contribution >= 4 is 28.0 Å². The molecule has 0 saturated carbocycles. The van der Waals surface area contributed by atoms with Crippen molar-refractivity contribution in [2.45, 2.75) is 43.7 Å². The number of aromatic nitrogens is 2. The summed E-state index contributed by atoms with van der Waals surface area (Å²) in [7, 11) is 0. The molecule has 6 rings (SSSR count). The average molecular weight is 401 g/mol. The van der Waals surface area contributed by atoms with Gasteiger partial charge in [-0.15, -0.1) is 5.16 Å². The minimum atomic E-state index is -0.722. The Bertz CT molecular complexity index is 1290. The highest BCUT2D eigenvalue weighted by Gasteiger charge is 2.54. The summed E-state index contributed by atoms with van der Waals surface area (Å²) < 4.78 is 12.9. The summed E-state index contributed by atoms with van der Waals surface area (Å²) in [4.78, 5) is 7.07. The smallest absolute Gasteiger partial charge is 0.163 e. The molecule has 2 aliphatic rings. The Kier molecular flexibility index (Phi) is 3.67. The Balaban J connectivity index is 1.66. The number of rotatable bonds is 2. The van der Waals surface area contributed by atoms with Gasteiger partial charge in [0, 0.05) is 33.7 Å². The third kappa shape index (κ3) is 2.41. The van der Waals surface area contributed by atoms with Gasteiger partial charge in [-0.2, -0.15) is 0 Å². The number of hydrogen-bond donors (Lipinski definition) is 3. The lowest BCUT2D eigenvalue weighted by Gasteiger charge is -2.35. The minimum Gasteiger partial charge on any atom is -0.411 e. The average Bonchev–Trinajstić information content (AvgIpc) is 3.41. The summed E-state index contributed by atoms with van der Waals surface area (Å²) in [5, 5.41) is 15.2. The second-order valence-electron chi connectivity index (χ2n) is 8.62. The molecule has 2 aromatic heterocycles. The molecule has 2 aromatic carbocycles. The molecule has 1 saturated heterocycles. The maximum Gasteiger partial charge on any atom is 0.163 e. The van der Waals surface area contributed by atoms with Crippen molar-refractivity contribution in [1.82, 2.24) is 9.97 Å². The van der Waals surface area contributed by atoms with Crippen LogP contribution in [0.2, 0.25) is 0 Å². The van der Waals surface area contributed by atoms with Gasteiger partial charge >= 0.3 is 0 Å². The predicted molar refractivity (Wildman–Crippen MR) is 115 cm³/mol. The maximum atomic E-state index is 9.45.